The fourth-order valence-corrected chi connectivity index (χ4v) is 2.43. The third-order valence-corrected chi connectivity index (χ3v) is 3.43. The number of aromatic nitrogens is 2. The van der Waals surface area contributed by atoms with Crippen molar-refractivity contribution < 1.29 is 0 Å². The maximum absolute atomic E-state index is 6.17. The Morgan fingerprint density at radius 2 is 2.00 bits per heavy atom. The average Bonchev–Trinajstić information content (AvgIpc) is 2.41. The molecule has 2 heterocycles. The van der Waals surface area contributed by atoms with E-state index >= 15 is 0 Å². The number of fused-ring (bicyclic) bond motifs is 1. The van der Waals surface area contributed by atoms with Crippen LogP contribution in [0.1, 0.15) is 12.8 Å². The third kappa shape index (κ3) is 2.40. The van der Waals surface area contributed by atoms with Crippen LogP contribution in [0, 0.1) is 0 Å². The summed E-state index contributed by atoms with van der Waals surface area (Å²) in [6.07, 6.45) is 2.31. The summed E-state index contributed by atoms with van der Waals surface area (Å²) < 4.78 is 0. The first kappa shape index (κ1) is 11.7. The number of anilines is 1. The molecule has 94 valence electrons. The molecule has 1 unspecified atom stereocenters. The monoisotopic (exact) mass is 262 g/mol. The molecule has 1 fully saturated rings. The maximum atomic E-state index is 6.17. The molecule has 4 nitrogen and oxygen atoms in total. The first-order valence-corrected chi connectivity index (χ1v) is 6.60. The van der Waals surface area contributed by atoms with Crippen LogP contribution in [0.4, 0.5) is 5.82 Å². The maximum Gasteiger partial charge on any atom is 0.172 e. The highest BCUT2D eigenvalue weighted by Crippen LogP contribution is 2.22. The molecule has 1 aliphatic rings. The molecule has 1 atom stereocenters. The van der Waals surface area contributed by atoms with Gasteiger partial charge in [-0.15, -0.1) is 0 Å². The minimum absolute atomic E-state index is 0.381. The Kier molecular flexibility index (Phi) is 3.30. The van der Waals surface area contributed by atoms with Gasteiger partial charge in [-0.3, -0.25) is 0 Å². The summed E-state index contributed by atoms with van der Waals surface area (Å²) in [5.41, 5.74) is 1.70. The lowest BCUT2D eigenvalue weighted by Gasteiger charge is -2.24. The van der Waals surface area contributed by atoms with E-state index < -0.39 is 0 Å². The molecule has 1 aliphatic heterocycles. The van der Waals surface area contributed by atoms with Crippen molar-refractivity contribution in [1.29, 1.82) is 0 Å². The van der Waals surface area contributed by atoms with Crippen LogP contribution in [0.3, 0.4) is 0 Å². The van der Waals surface area contributed by atoms with Crippen molar-refractivity contribution in [1.82, 2.24) is 15.3 Å². The van der Waals surface area contributed by atoms with Crippen LogP contribution in [-0.4, -0.2) is 29.1 Å². The third-order valence-electron chi connectivity index (χ3n) is 3.17. The van der Waals surface area contributed by atoms with Gasteiger partial charge in [0.2, 0.25) is 0 Å². The van der Waals surface area contributed by atoms with Crippen molar-refractivity contribution in [2.24, 2.45) is 0 Å². The number of nitrogens with zero attached hydrogens (tertiary/aromatic N) is 2. The molecular formula is C13H15ClN4. The summed E-state index contributed by atoms with van der Waals surface area (Å²) in [5, 5.41) is 7.17. The van der Waals surface area contributed by atoms with Crippen LogP contribution in [0.15, 0.2) is 24.3 Å². The highest BCUT2D eigenvalue weighted by atomic mass is 35.5. The van der Waals surface area contributed by atoms with Crippen LogP contribution in [0.5, 0.6) is 0 Å². The Balaban J connectivity index is 1.88. The first-order chi connectivity index (χ1) is 8.83. The Morgan fingerprint density at radius 1 is 1.22 bits per heavy atom. The predicted molar refractivity (Wildman–Crippen MR) is 74.1 cm³/mol. The largest absolute Gasteiger partial charge is 0.363 e. The van der Waals surface area contributed by atoms with Gasteiger partial charge in [-0.25, -0.2) is 9.97 Å². The number of halogens is 1. The van der Waals surface area contributed by atoms with Gasteiger partial charge < -0.3 is 10.6 Å². The topological polar surface area (TPSA) is 49.8 Å². The number of hydrogen-bond donors (Lipinski definition) is 2. The quantitative estimate of drug-likeness (QED) is 0.873. The lowest BCUT2D eigenvalue weighted by atomic mass is 10.1. The van der Waals surface area contributed by atoms with Crippen molar-refractivity contribution in [2.75, 3.05) is 18.4 Å². The normalized spacial score (nSPS) is 19.9. The predicted octanol–water partition coefficient (Wildman–Crippen LogP) is 2.45. The Labute approximate surface area is 111 Å². The van der Waals surface area contributed by atoms with Crippen LogP contribution in [0.25, 0.3) is 11.0 Å². The Bertz CT molecular complexity index is 552. The van der Waals surface area contributed by atoms with Gasteiger partial charge >= 0.3 is 0 Å². The van der Waals surface area contributed by atoms with Crippen LogP contribution in [-0.2, 0) is 0 Å². The highest BCUT2D eigenvalue weighted by molar-refractivity contribution is 6.32. The molecule has 0 amide bonds. The molecule has 0 saturated carbocycles. The number of benzene rings is 1. The first-order valence-electron chi connectivity index (χ1n) is 6.22. The summed E-state index contributed by atoms with van der Waals surface area (Å²) in [5.74, 6) is 0.684. The number of para-hydroxylation sites is 2. The average molecular weight is 263 g/mol. The minimum atomic E-state index is 0.381. The second kappa shape index (κ2) is 5.08. The van der Waals surface area contributed by atoms with Crippen molar-refractivity contribution in [3.63, 3.8) is 0 Å². The van der Waals surface area contributed by atoms with Crippen LogP contribution < -0.4 is 10.6 Å². The molecular weight excluding hydrogens is 248 g/mol. The van der Waals surface area contributed by atoms with E-state index in [1.807, 2.05) is 24.3 Å². The van der Waals surface area contributed by atoms with Gasteiger partial charge in [-0.05, 0) is 31.5 Å². The van der Waals surface area contributed by atoms with Gasteiger partial charge in [0.25, 0.3) is 0 Å². The molecule has 1 aromatic carbocycles. The van der Waals surface area contributed by atoms with E-state index in [9.17, 15) is 0 Å². The molecule has 0 aliphatic carbocycles. The van der Waals surface area contributed by atoms with Gasteiger partial charge in [-0.1, -0.05) is 23.7 Å². The van der Waals surface area contributed by atoms with E-state index in [4.69, 9.17) is 11.6 Å². The molecule has 0 spiro atoms. The van der Waals surface area contributed by atoms with E-state index in [2.05, 4.69) is 20.6 Å². The van der Waals surface area contributed by atoms with E-state index in [-0.39, 0.29) is 0 Å². The number of piperidine rings is 1. The highest BCUT2D eigenvalue weighted by Gasteiger charge is 2.15. The van der Waals surface area contributed by atoms with Gasteiger partial charge in [0.1, 0.15) is 0 Å². The molecule has 0 radical (unpaired) electrons. The van der Waals surface area contributed by atoms with E-state index in [0.717, 1.165) is 30.5 Å². The zero-order chi connectivity index (χ0) is 12.4. The fraction of sp³-hybridized carbons (Fsp3) is 0.385. The van der Waals surface area contributed by atoms with Gasteiger partial charge in [0.05, 0.1) is 11.0 Å². The Morgan fingerprint density at radius 3 is 2.72 bits per heavy atom. The number of hydrogen-bond acceptors (Lipinski definition) is 4. The van der Waals surface area contributed by atoms with E-state index in [1.54, 1.807) is 0 Å². The smallest absolute Gasteiger partial charge is 0.172 e. The van der Waals surface area contributed by atoms with E-state index in [0.29, 0.717) is 17.0 Å². The summed E-state index contributed by atoms with van der Waals surface area (Å²) in [6, 6.07) is 8.14. The Hall–Kier alpha value is -1.39. The van der Waals surface area contributed by atoms with Crippen molar-refractivity contribution in [3.8, 4) is 0 Å². The van der Waals surface area contributed by atoms with Gasteiger partial charge in [0.15, 0.2) is 11.0 Å². The molecule has 1 aromatic heterocycles. The molecule has 2 aromatic rings. The van der Waals surface area contributed by atoms with Gasteiger partial charge in [0, 0.05) is 12.6 Å². The summed E-state index contributed by atoms with van der Waals surface area (Å²) >= 11 is 6.17. The summed E-state index contributed by atoms with van der Waals surface area (Å²) in [7, 11) is 0. The molecule has 5 heteroatoms. The SMILES string of the molecule is Clc1nc2ccccc2nc1NC1CCCNC1. The number of nitrogens with one attached hydrogen (secondary N) is 2. The second-order valence-corrected chi connectivity index (χ2v) is 4.90. The van der Waals surface area contributed by atoms with Crippen molar-refractivity contribution in [3.05, 3.63) is 29.4 Å². The molecule has 0 bridgehead atoms. The molecule has 1 saturated heterocycles. The zero-order valence-electron chi connectivity index (χ0n) is 9.99. The van der Waals surface area contributed by atoms with Crippen molar-refractivity contribution in [2.45, 2.75) is 18.9 Å². The lowest BCUT2D eigenvalue weighted by molar-refractivity contribution is 0.479. The van der Waals surface area contributed by atoms with Crippen LogP contribution >= 0.6 is 11.6 Å². The zero-order valence-corrected chi connectivity index (χ0v) is 10.7. The van der Waals surface area contributed by atoms with Crippen LogP contribution in [0.2, 0.25) is 5.15 Å². The second-order valence-electron chi connectivity index (χ2n) is 4.54. The molecule has 3 rings (SSSR count). The van der Waals surface area contributed by atoms with E-state index in [1.165, 1.54) is 6.42 Å². The standard InChI is InChI=1S/C13H15ClN4/c14-12-13(16-9-4-3-7-15-8-9)18-11-6-2-1-5-10(11)17-12/h1-2,5-6,9,15H,3-4,7-8H2,(H,16,18). The summed E-state index contributed by atoms with van der Waals surface area (Å²) in [4.78, 5) is 8.90. The fourth-order valence-electron chi connectivity index (χ4n) is 2.24. The molecule has 2 N–H and O–H groups in total. The molecule has 18 heavy (non-hydrogen) atoms. The minimum Gasteiger partial charge on any atom is -0.363 e. The number of rotatable bonds is 2. The lowest BCUT2D eigenvalue weighted by Crippen LogP contribution is -2.38. The summed E-state index contributed by atoms with van der Waals surface area (Å²) in [6.45, 7) is 2.04. The van der Waals surface area contributed by atoms with Gasteiger partial charge in [-0.2, -0.15) is 0 Å². The van der Waals surface area contributed by atoms with Crippen molar-refractivity contribution >= 4 is 28.5 Å².